The summed E-state index contributed by atoms with van der Waals surface area (Å²) in [6.45, 7) is 0. The smallest absolute Gasteiger partial charge is 0.255 e. The molecule has 0 unspecified atom stereocenters. The van der Waals surface area contributed by atoms with E-state index in [2.05, 4.69) is 25.9 Å². The molecule has 0 fully saturated rings. The molecule has 2 aromatic carbocycles. The van der Waals surface area contributed by atoms with Crippen molar-refractivity contribution in [2.75, 3.05) is 5.32 Å². The lowest BCUT2D eigenvalue weighted by Gasteiger charge is -2.06. The zero-order valence-corrected chi connectivity index (χ0v) is 10.4. The van der Waals surface area contributed by atoms with Crippen molar-refractivity contribution in [1.29, 1.82) is 0 Å². The monoisotopic (exact) mass is 265 g/mol. The van der Waals surface area contributed by atoms with Gasteiger partial charge >= 0.3 is 0 Å². The lowest BCUT2D eigenvalue weighted by atomic mass is 10.1. The molecule has 0 aliphatic rings. The molecule has 1 aromatic heterocycles. The van der Waals surface area contributed by atoms with Crippen molar-refractivity contribution in [3.8, 4) is 11.4 Å². The second-order valence-electron chi connectivity index (χ2n) is 4.14. The van der Waals surface area contributed by atoms with E-state index < -0.39 is 0 Å². The second-order valence-corrected chi connectivity index (χ2v) is 4.14. The zero-order chi connectivity index (χ0) is 13.8. The number of amides is 1. The molecule has 6 heteroatoms. The molecule has 98 valence electrons. The van der Waals surface area contributed by atoms with E-state index in [0.717, 1.165) is 5.56 Å². The third-order valence-electron chi connectivity index (χ3n) is 2.76. The van der Waals surface area contributed by atoms with E-state index >= 15 is 0 Å². The average Bonchev–Trinajstić information content (AvgIpc) is 3.03. The summed E-state index contributed by atoms with van der Waals surface area (Å²) in [4.78, 5) is 12.1. The maximum Gasteiger partial charge on any atom is 0.255 e. The molecule has 0 aliphatic heterocycles. The fourth-order valence-electron chi connectivity index (χ4n) is 1.81. The Bertz CT molecular complexity index is 709. The van der Waals surface area contributed by atoms with Gasteiger partial charge in [-0.05, 0) is 29.5 Å². The Hall–Kier alpha value is -3.02. The molecule has 0 saturated carbocycles. The molecule has 0 spiro atoms. The molecular formula is C14H11N5O. The Balaban J connectivity index is 1.82. The normalized spacial score (nSPS) is 10.2. The first-order valence-corrected chi connectivity index (χ1v) is 6.03. The first-order valence-electron chi connectivity index (χ1n) is 6.03. The van der Waals surface area contributed by atoms with Crippen LogP contribution in [0.3, 0.4) is 0 Å². The van der Waals surface area contributed by atoms with Crippen LogP contribution in [0.5, 0.6) is 0 Å². The van der Waals surface area contributed by atoms with Gasteiger partial charge in [0.15, 0.2) is 0 Å². The topological polar surface area (TPSA) is 83.6 Å². The van der Waals surface area contributed by atoms with Crippen LogP contribution in [-0.4, -0.2) is 26.5 Å². The summed E-state index contributed by atoms with van der Waals surface area (Å²) in [5.41, 5.74) is 2.07. The minimum Gasteiger partial charge on any atom is -0.322 e. The molecule has 3 rings (SSSR count). The van der Waals surface area contributed by atoms with Crippen LogP contribution in [0, 0.1) is 0 Å². The number of anilines is 1. The van der Waals surface area contributed by atoms with Crippen molar-refractivity contribution in [2.45, 2.75) is 0 Å². The number of H-pyrrole nitrogens is 1. The number of nitrogens with one attached hydrogen (secondary N) is 2. The maximum absolute atomic E-state index is 12.1. The molecule has 1 amide bonds. The van der Waals surface area contributed by atoms with E-state index in [1.54, 1.807) is 18.2 Å². The van der Waals surface area contributed by atoms with E-state index in [1.807, 2.05) is 36.4 Å². The zero-order valence-electron chi connectivity index (χ0n) is 10.4. The second kappa shape index (κ2) is 5.31. The summed E-state index contributed by atoms with van der Waals surface area (Å²) in [5.74, 6) is 0.330. The molecule has 0 radical (unpaired) electrons. The number of benzene rings is 2. The summed E-state index contributed by atoms with van der Waals surface area (Å²) in [6.07, 6.45) is 0. The average molecular weight is 265 g/mol. The highest BCUT2D eigenvalue weighted by Gasteiger charge is 2.07. The van der Waals surface area contributed by atoms with Gasteiger partial charge < -0.3 is 5.32 Å². The van der Waals surface area contributed by atoms with Crippen molar-refractivity contribution in [3.63, 3.8) is 0 Å². The Morgan fingerprint density at radius 3 is 2.65 bits per heavy atom. The van der Waals surface area contributed by atoms with Gasteiger partial charge in [0.05, 0.1) is 0 Å². The number of rotatable bonds is 3. The first kappa shape index (κ1) is 12.0. The van der Waals surface area contributed by atoms with Crippen LogP contribution < -0.4 is 5.32 Å². The van der Waals surface area contributed by atoms with Crippen LogP contribution in [0.4, 0.5) is 5.69 Å². The van der Waals surface area contributed by atoms with Gasteiger partial charge in [0, 0.05) is 16.8 Å². The van der Waals surface area contributed by atoms with Crippen LogP contribution in [0.15, 0.2) is 54.6 Å². The largest absolute Gasteiger partial charge is 0.322 e. The van der Waals surface area contributed by atoms with Gasteiger partial charge in [-0.15, -0.1) is 10.2 Å². The Kier molecular flexibility index (Phi) is 3.20. The number of carbonyl (C=O) groups excluding carboxylic acids is 1. The number of carbonyl (C=O) groups is 1. The molecule has 3 aromatic rings. The van der Waals surface area contributed by atoms with E-state index in [4.69, 9.17) is 0 Å². The van der Waals surface area contributed by atoms with E-state index in [-0.39, 0.29) is 5.91 Å². The molecule has 2 N–H and O–H groups in total. The third kappa shape index (κ3) is 2.54. The number of hydrogen-bond donors (Lipinski definition) is 2. The van der Waals surface area contributed by atoms with Gasteiger partial charge in [-0.25, -0.2) is 0 Å². The summed E-state index contributed by atoms with van der Waals surface area (Å²) < 4.78 is 0. The summed E-state index contributed by atoms with van der Waals surface area (Å²) in [6, 6.07) is 16.3. The minimum atomic E-state index is -0.157. The van der Waals surface area contributed by atoms with Crippen LogP contribution in [0.1, 0.15) is 10.4 Å². The quantitative estimate of drug-likeness (QED) is 0.759. The van der Waals surface area contributed by atoms with Crippen LogP contribution in [-0.2, 0) is 0 Å². The fourth-order valence-corrected chi connectivity index (χ4v) is 1.81. The van der Waals surface area contributed by atoms with Crippen molar-refractivity contribution in [3.05, 3.63) is 60.2 Å². The van der Waals surface area contributed by atoms with Crippen molar-refractivity contribution in [2.24, 2.45) is 0 Å². The van der Waals surface area contributed by atoms with Crippen molar-refractivity contribution >= 4 is 11.6 Å². The third-order valence-corrected chi connectivity index (χ3v) is 2.76. The predicted octanol–water partition coefficient (Wildman–Crippen LogP) is 2.12. The van der Waals surface area contributed by atoms with Gasteiger partial charge in [-0.2, -0.15) is 5.21 Å². The highest BCUT2D eigenvalue weighted by molar-refractivity contribution is 6.04. The number of hydrogen-bond acceptors (Lipinski definition) is 4. The summed E-state index contributed by atoms with van der Waals surface area (Å²) >= 11 is 0. The summed E-state index contributed by atoms with van der Waals surface area (Å²) in [7, 11) is 0. The molecule has 0 aliphatic carbocycles. The van der Waals surface area contributed by atoms with Gasteiger partial charge in [0.2, 0.25) is 5.82 Å². The fraction of sp³-hybridized carbons (Fsp3) is 0. The molecule has 6 nitrogen and oxygen atoms in total. The molecular weight excluding hydrogens is 254 g/mol. The van der Waals surface area contributed by atoms with E-state index in [1.165, 1.54) is 0 Å². The highest BCUT2D eigenvalue weighted by Crippen LogP contribution is 2.18. The maximum atomic E-state index is 12.1. The van der Waals surface area contributed by atoms with Gasteiger partial charge in [0.1, 0.15) is 0 Å². The van der Waals surface area contributed by atoms with Crippen molar-refractivity contribution in [1.82, 2.24) is 20.6 Å². The number of tetrazole rings is 1. The molecule has 20 heavy (non-hydrogen) atoms. The molecule has 0 saturated heterocycles. The Morgan fingerprint density at radius 1 is 1.05 bits per heavy atom. The van der Waals surface area contributed by atoms with E-state index in [9.17, 15) is 4.79 Å². The minimum absolute atomic E-state index is 0.157. The number of aromatic nitrogens is 4. The van der Waals surface area contributed by atoms with Crippen LogP contribution >= 0.6 is 0 Å². The van der Waals surface area contributed by atoms with Gasteiger partial charge in [-0.1, -0.05) is 30.3 Å². The first-order chi connectivity index (χ1) is 9.83. The van der Waals surface area contributed by atoms with E-state index in [0.29, 0.717) is 17.1 Å². The van der Waals surface area contributed by atoms with Crippen molar-refractivity contribution < 1.29 is 4.79 Å². The number of aromatic amines is 1. The lowest BCUT2D eigenvalue weighted by molar-refractivity contribution is 0.102. The Morgan fingerprint density at radius 2 is 1.90 bits per heavy atom. The molecule has 0 atom stereocenters. The standard InChI is InChI=1S/C14H11N5O/c20-14(10-5-2-1-3-6-10)15-12-8-4-7-11(9-12)13-16-18-19-17-13/h1-9H,(H,15,20)(H,16,17,18,19). The SMILES string of the molecule is O=C(Nc1cccc(-c2nn[nH]n2)c1)c1ccccc1. The van der Waals surface area contributed by atoms with Gasteiger partial charge in [0.25, 0.3) is 5.91 Å². The van der Waals surface area contributed by atoms with Crippen LogP contribution in [0.25, 0.3) is 11.4 Å². The van der Waals surface area contributed by atoms with Crippen LogP contribution in [0.2, 0.25) is 0 Å². The summed E-state index contributed by atoms with van der Waals surface area (Å²) in [5, 5.41) is 16.6. The number of nitrogens with zero attached hydrogens (tertiary/aromatic N) is 3. The lowest BCUT2D eigenvalue weighted by Crippen LogP contribution is -2.11. The van der Waals surface area contributed by atoms with Gasteiger partial charge in [-0.3, -0.25) is 4.79 Å². The molecule has 0 bridgehead atoms. The Labute approximate surface area is 114 Å². The molecule has 1 heterocycles. The predicted molar refractivity (Wildman–Crippen MR) is 74.0 cm³/mol. The highest BCUT2D eigenvalue weighted by atomic mass is 16.1.